The van der Waals surface area contributed by atoms with Crippen LogP contribution in [0.2, 0.25) is 0 Å². The van der Waals surface area contributed by atoms with E-state index in [1.165, 1.54) is 0 Å². The molecule has 2 aromatic rings. The van der Waals surface area contributed by atoms with E-state index in [1.54, 1.807) is 19.6 Å². The number of quaternary nitrogens is 1. The lowest BCUT2D eigenvalue weighted by molar-refractivity contribution is -0.870. The second kappa shape index (κ2) is 13.6. The molecular weight excluding hydrogens is 526 g/mol. The van der Waals surface area contributed by atoms with Crippen molar-refractivity contribution >= 4 is 11.9 Å². The Bertz CT molecular complexity index is 1160. The van der Waals surface area contributed by atoms with Crippen LogP contribution in [-0.4, -0.2) is 115 Å². The Labute approximate surface area is 243 Å². The molecule has 2 aliphatic heterocycles. The summed E-state index contributed by atoms with van der Waals surface area (Å²) in [6.07, 6.45) is 8.77. The number of likely N-dealkylation sites (tertiary alicyclic amines) is 1. The molecule has 226 valence electrons. The van der Waals surface area contributed by atoms with Crippen molar-refractivity contribution in [2.24, 2.45) is 5.92 Å². The molecule has 1 aromatic carbocycles. The van der Waals surface area contributed by atoms with Crippen molar-refractivity contribution in [1.82, 2.24) is 19.4 Å². The van der Waals surface area contributed by atoms with E-state index in [1.807, 2.05) is 27.8 Å². The number of ether oxygens (including phenoxy) is 3. The second-order valence-corrected chi connectivity index (χ2v) is 12.1. The molecule has 1 unspecified atom stereocenters. The smallest absolute Gasteiger partial charge is 0.308 e. The third kappa shape index (κ3) is 7.71. The fourth-order valence-corrected chi connectivity index (χ4v) is 5.97. The van der Waals surface area contributed by atoms with E-state index >= 15 is 0 Å². The summed E-state index contributed by atoms with van der Waals surface area (Å²) >= 11 is 0. The fourth-order valence-electron chi connectivity index (χ4n) is 5.97. The fraction of sp³-hybridized carbons (Fsp3) is 0.633. The average Bonchev–Trinajstić information content (AvgIpc) is 3.68. The van der Waals surface area contributed by atoms with Gasteiger partial charge in [0.2, 0.25) is 18.4 Å². The molecule has 4 rings (SSSR count). The lowest BCUT2D eigenvalue weighted by Gasteiger charge is -2.31. The van der Waals surface area contributed by atoms with Gasteiger partial charge < -0.3 is 33.3 Å². The molecule has 0 aliphatic carbocycles. The summed E-state index contributed by atoms with van der Waals surface area (Å²) in [5.41, 5.74) is 0.812. The highest BCUT2D eigenvalue weighted by Crippen LogP contribution is 2.47. The van der Waals surface area contributed by atoms with Gasteiger partial charge in [-0.05, 0) is 30.5 Å². The highest BCUT2D eigenvalue weighted by Gasteiger charge is 2.47. The molecule has 1 fully saturated rings. The topological polar surface area (TPSA) is 106 Å². The number of methoxy groups -OCH3 is 1. The van der Waals surface area contributed by atoms with Crippen LogP contribution in [-0.2, 0) is 16.1 Å². The summed E-state index contributed by atoms with van der Waals surface area (Å²) in [7, 11) is 8.03. The van der Waals surface area contributed by atoms with Gasteiger partial charge >= 0.3 is 5.97 Å². The minimum atomic E-state index is -0.872. The summed E-state index contributed by atoms with van der Waals surface area (Å²) in [5, 5.41) is 10.5. The molecule has 3 atom stereocenters. The molecule has 1 N–H and O–H groups in total. The Kier molecular flexibility index (Phi) is 10.1. The summed E-state index contributed by atoms with van der Waals surface area (Å²) in [6, 6.07) is 3.38. The van der Waals surface area contributed by atoms with Crippen LogP contribution < -0.4 is 14.2 Å². The molecule has 0 spiro atoms. The van der Waals surface area contributed by atoms with E-state index in [-0.39, 0.29) is 31.2 Å². The van der Waals surface area contributed by atoms with Crippen molar-refractivity contribution in [3.63, 3.8) is 0 Å². The predicted molar refractivity (Wildman–Crippen MR) is 154 cm³/mol. The van der Waals surface area contributed by atoms with Gasteiger partial charge in [-0.15, -0.1) is 0 Å². The number of aromatic nitrogens is 2. The van der Waals surface area contributed by atoms with Crippen LogP contribution in [0.3, 0.4) is 0 Å². The number of aliphatic carboxylic acids is 1. The van der Waals surface area contributed by atoms with Crippen LogP contribution in [0.15, 0.2) is 30.9 Å². The maximum atomic E-state index is 13.8. The molecule has 0 bridgehead atoms. The van der Waals surface area contributed by atoms with Gasteiger partial charge in [-0.1, -0.05) is 13.3 Å². The first-order chi connectivity index (χ1) is 19.6. The molecule has 11 nitrogen and oxygen atoms in total. The van der Waals surface area contributed by atoms with E-state index < -0.39 is 11.9 Å². The van der Waals surface area contributed by atoms with Crippen LogP contribution in [0.4, 0.5) is 0 Å². The van der Waals surface area contributed by atoms with Crippen molar-refractivity contribution in [3.8, 4) is 17.2 Å². The number of aryl methyl sites for hydroxylation is 1. The van der Waals surface area contributed by atoms with Gasteiger partial charge in [-0.3, -0.25) is 14.5 Å². The van der Waals surface area contributed by atoms with Crippen molar-refractivity contribution in [1.29, 1.82) is 0 Å². The van der Waals surface area contributed by atoms with Crippen molar-refractivity contribution in [2.45, 2.75) is 51.1 Å². The first-order valence-electron chi connectivity index (χ1n) is 14.6. The van der Waals surface area contributed by atoms with Gasteiger partial charge in [0.25, 0.3) is 0 Å². The zero-order valence-electron chi connectivity index (χ0n) is 25.1. The Morgan fingerprint density at radius 2 is 1.98 bits per heavy atom. The normalized spacial score (nSPS) is 20.4. The number of rotatable bonds is 15. The number of hydrogen-bond donors (Lipinski definition) is 1. The Morgan fingerprint density at radius 3 is 2.63 bits per heavy atom. The third-order valence-electron chi connectivity index (χ3n) is 8.11. The monoisotopic (exact) mass is 572 g/mol. The first kappa shape index (κ1) is 30.6. The van der Waals surface area contributed by atoms with Crippen LogP contribution in [0, 0.1) is 5.92 Å². The summed E-state index contributed by atoms with van der Waals surface area (Å²) < 4.78 is 19.6. The number of carbonyl (C=O) groups is 2. The van der Waals surface area contributed by atoms with Crippen molar-refractivity contribution in [2.75, 3.05) is 67.8 Å². The van der Waals surface area contributed by atoms with E-state index in [0.717, 1.165) is 35.9 Å². The zero-order valence-corrected chi connectivity index (χ0v) is 25.1. The molecule has 0 radical (unpaired) electrons. The number of nitrogens with zero attached hydrogens (tertiary/aromatic N) is 5. The molecule has 1 saturated heterocycles. The highest BCUT2D eigenvalue weighted by molar-refractivity contribution is 5.79. The Morgan fingerprint density at radius 1 is 1.20 bits per heavy atom. The number of carboxylic acid groups (broad SMARTS) is 1. The van der Waals surface area contributed by atoms with Gasteiger partial charge in [0, 0.05) is 57.0 Å². The first-order valence-corrected chi connectivity index (χ1v) is 14.6. The number of unbranched alkanes of at least 4 members (excludes halogenated alkanes) is 1. The van der Waals surface area contributed by atoms with Crippen molar-refractivity contribution < 1.29 is 33.4 Å². The average molecular weight is 573 g/mol. The SMILES string of the molecule is CCCCN(CCC[N+](C)(C)C)C(=O)CN1C[C@H](c2cc(OC)c3c(c2)OCO3)C(C(=O)O)[C@@H]1CCn1ccnc1. The van der Waals surface area contributed by atoms with Crippen LogP contribution in [0.1, 0.15) is 44.1 Å². The second-order valence-electron chi connectivity index (χ2n) is 12.1. The molecule has 1 aromatic heterocycles. The summed E-state index contributed by atoms with van der Waals surface area (Å²) in [6.45, 7) is 5.85. The van der Waals surface area contributed by atoms with Gasteiger partial charge in [-0.2, -0.15) is 0 Å². The molecule has 3 heterocycles. The van der Waals surface area contributed by atoms with Gasteiger partial charge in [0.05, 0.1) is 53.6 Å². The van der Waals surface area contributed by atoms with Gasteiger partial charge in [0.15, 0.2) is 11.5 Å². The number of carbonyl (C=O) groups excluding carboxylic acids is 1. The minimum Gasteiger partial charge on any atom is -0.493 e. The number of fused-ring (bicyclic) bond motifs is 1. The number of imidazole rings is 1. The van der Waals surface area contributed by atoms with E-state index in [2.05, 4.69) is 38.0 Å². The van der Waals surface area contributed by atoms with Crippen molar-refractivity contribution in [3.05, 3.63) is 36.4 Å². The number of carboxylic acids is 1. The number of hydrogen-bond acceptors (Lipinski definition) is 7. The molecule has 41 heavy (non-hydrogen) atoms. The van der Waals surface area contributed by atoms with Gasteiger partial charge in [-0.25, -0.2) is 4.98 Å². The molecule has 1 amide bonds. The zero-order chi connectivity index (χ0) is 29.6. The Hall–Kier alpha value is -3.31. The molecule has 2 aliphatic rings. The predicted octanol–water partition coefficient (Wildman–Crippen LogP) is 2.90. The summed E-state index contributed by atoms with van der Waals surface area (Å²) in [4.78, 5) is 34.8. The van der Waals surface area contributed by atoms with E-state index in [9.17, 15) is 14.7 Å². The maximum Gasteiger partial charge on any atom is 0.308 e. The number of benzene rings is 1. The lowest BCUT2D eigenvalue weighted by Crippen LogP contribution is -2.45. The molecule has 0 saturated carbocycles. The Balaban J connectivity index is 1.60. The van der Waals surface area contributed by atoms with Crippen LogP contribution >= 0.6 is 0 Å². The maximum absolute atomic E-state index is 13.8. The molecule has 11 heteroatoms. The minimum absolute atomic E-state index is 0.0561. The largest absolute Gasteiger partial charge is 0.493 e. The third-order valence-corrected chi connectivity index (χ3v) is 8.11. The van der Waals surface area contributed by atoms with Crippen LogP contribution in [0.5, 0.6) is 17.2 Å². The van der Waals surface area contributed by atoms with E-state index in [0.29, 0.717) is 49.8 Å². The van der Waals surface area contributed by atoms with E-state index in [4.69, 9.17) is 14.2 Å². The van der Waals surface area contributed by atoms with Gasteiger partial charge in [0.1, 0.15) is 0 Å². The number of amides is 1. The summed E-state index contributed by atoms with van der Waals surface area (Å²) in [5.74, 6) is -0.270. The highest BCUT2D eigenvalue weighted by atomic mass is 16.7. The molecular formula is C30H46N5O6+. The standard InChI is InChI=1S/C30H45N5O6/c1-6-7-11-33(12-8-15-35(2,3)4)27(36)19-34-18-23(22-16-25(39-5)29-26(17-22)40-21-41-29)28(30(37)38)24(34)9-13-32-14-10-31-20-32/h10,14,16-17,20,23-24,28H,6-9,11-13,15,18-19,21H2,1-5H3/p+1/t23-,24+,28?/m1/s1. The quantitative estimate of drug-likeness (QED) is 0.325. The van der Waals surface area contributed by atoms with Crippen LogP contribution in [0.25, 0.3) is 0 Å². The lowest BCUT2D eigenvalue weighted by atomic mass is 9.84.